The molecule has 0 aromatic rings. The molecule has 0 atom stereocenters. The summed E-state index contributed by atoms with van der Waals surface area (Å²) in [6.07, 6.45) is 3.44. The molecule has 1 N–H and O–H groups in total. The highest BCUT2D eigenvalue weighted by Crippen LogP contribution is 2.23. The fourth-order valence-electron chi connectivity index (χ4n) is 1.74. The van der Waals surface area contributed by atoms with Crippen LogP contribution >= 0.6 is 11.6 Å². The summed E-state index contributed by atoms with van der Waals surface area (Å²) in [6, 6.07) is 0.0167. The molecule has 0 radical (unpaired) electrons. The second kappa shape index (κ2) is 5.67. The molecule has 1 fully saturated rings. The zero-order chi connectivity index (χ0) is 12.3. The van der Waals surface area contributed by atoms with E-state index in [-0.39, 0.29) is 17.5 Å². The van der Waals surface area contributed by atoms with Crippen molar-refractivity contribution in [3.05, 3.63) is 0 Å². The van der Waals surface area contributed by atoms with Gasteiger partial charge in [-0.25, -0.2) is 0 Å². The van der Waals surface area contributed by atoms with Gasteiger partial charge in [0.05, 0.1) is 0 Å². The van der Waals surface area contributed by atoms with Crippen molar-refractivity contribution in [1.29, 1.82) is 0 Å². The minimum atomic E-state index is -3.34. The van der Waals surface area contributed by atoms with Crippen molar-refractivity contribution in [3.8, 4) is 0 Å². The van der Waals surface area contributed by atoms with E-state index >= 15 is 0 Å². The van der Waals surface area contributed by atoms with Gasteiger partial charge in [0.1, 0.15) is 0 Å². The highest BCUT2D eigenvalue weighted by molar-refractivity contribution is 7.87. The third kappa shape index (κ3) is 3.87. The van der Waals surface area contributed by atoms with Crippen molar-refractivity contribution in [3.63, 3.8) is 0 Å². The van der Waals surface area contributed by atoms with E-state index in [9.17, 15) is 8.42 Å². The molecule has 0 bridgehead atoms. The summed E-state index contributed by atoms with van der Waals surface area (Å²) >= 11 is 5.98. The molecule has 1 aliphatic rings. The second-order valence-electron chi connectivity index (χ2n) is 4.68. The molecule has 0 aromatic heterocycles. The number of rotatable bonds is 4. The van der Waals surface area contributed by atoms with E-state index in [1.165, 1.54) is 4.31 Å². The standard InChI is InChI=1S/C10H21ClN2O2S/c1-8(2)13(3)16(14,15)12-10-6-4-9(11)5-7-10/h8-10,12H,4-7H2,1-3H3. The van der Waals surface area contributed by atoms with Crippen LogP contribution in [-0.2, 0) is 10.2 Å². The molecule has 0 aromatic carbocycles. The largest absolute Gasteiger partial charge is 0.279 e. The van der Waals surface area contributed by atoms with Gasteiger partial charge in [-0.2, -0.15) is 17.4 Å². The number of alkyl halides is 1. The summed E-state index contributed by atoms with van der Waals surface area (Å²) in [7, 11) is -1.74. The van der Waals surface area contributed by atoms with Crippen molar-refractivity contribution in [2.24, 2.45) is 0 Å². The molecule has 6 heteroatoms. The highest BCUT2D eigenvalue weighted by Gasteiger charge is 2.27. The maximum atomic E-state index is 11.9. The molecule has 0 heterocycles. The summed E-state index contributed by atoms with van der Waals surface area (Å²) in [6.45, 7) is 3.71. The van der Waals surface area contributed by atoms with Crippen LogP contribution in [0.15, 0.2) is 0 Å². The number of halogens is 1. The van der Waals surface area contributed by atoms with E-state index in [2.05, 4.69) is 4.72 Å². The van der Waals surface area contributed by atoms with Gasteiger partial charge in [0.2, 0.25) is 0 Å². The van der Waals surface area contributed by atoms with Crippen molar-refractivity contribution in [1.82, 2.24) is 9.03 Å². The van der Waals surface area contributed by atoms with Crippen LogP contribution in [0.25, 0.3) is 0 Å². The van der Waals surface area contributed by atoms with E-state index in [0.29, 0.717) is 0 Å². The summed E-state index contributed by atoms with van der Waals surface area (Å²) in [4.78, 5) is 0. The number of nitrogens with zero attached hydrogens (tertiary/aromatic N) is 1. The van der Waals surface area contributed by atoms with Crippen LogP contribution in [0.1, 0.15) is 39.5 Å². The third-order valence-electron chi connectivity index (χ3n) is 3.08. The van der Waals surface area contributed by atoms with Crippen LogP contribution in [-0.4, -0.2) is 37.2 Å². The molecule has 0 saturated heterocycles. The smallest absolute Gasteiger partial charge is 0.199 e. The van der Waals surface area contributed by atoms with Gasteiger partial charge in [0.25, 0.3) is 10.2 Å². The van der Waals surface area contributed by atoms with Crippen molar-refractivity contribution in [2.75, 3.05) is 7.05 Å². The molecule has 0 unspecified atom stereocenters. The van der Waals surface area contributed by atoms with Crippen LogP contribution in [0, 0.1) is 0 Å². The van der Waals surface area contributed by atoms with Gasteiger partial charge >= 0.3 is 0 Å². The highest BCUT2D eigenvalue weighted by atomic mass is 35.5. The molecule has 4 nitrogen and oxygen atoms in total. The fraction of sp³-hybridized carbons (Fsp3) is 1.00. The Morgan fingerprint density at radius 3 is 2.19 bits per heavy atom. The van der Waals surface area contributed by atoms with Gasteiger partial charge in [-0.3, -0.25) is 0 Å². The van der Waals surface area contributed by atoms with Crippen LogP contribution in [0.5, 0.6) is 0 Å². The van der Waals surface area contributed by atoms with Crippen molar-refractivity contribution >= 4 is 21.8 Å². The SMILES string of the molecule is CC(C)N(C)S(=O)(=O)NC1CCC(Cl)CC1. The minimum absolute atomic E-state index is 0.0260. The lowest BCUT2D eigenvalue weighted by Crippen LogP contribution is -2.47. The first-order valence-corrected chi connectivity index (χ1v) is 7.60. The maximum absolute atomic E-state index is 11.9. The summed E-state index contributed by atoms with van der Waals surface area (Å²) in [5.41, 5.74) is 0. The lowest BCUT2D eigenvalue weighted by Gasteiger charge is -2.29. The van der Waals surface area contributed by atoms with Gasteiger partial charge in [-0.05, 0) is 39.5 Å². The molecular weight excluding hydrogens is 248 g/mol. The molecule has 96 valence electrons. The third-order valence-corrected chi connectivity index (χ3v) is 5.33. The van der Waals surface area contributed by atoms with Gasteiger partial charge in [-0.15, -0.1) is 11.6 Å². The summed E-state index contributed by atoms with van der Waals surface area (Å²) < 4.78 is 27.9. The average Bonchev–Trinajstić information content (AvgIpc) is 2.20. The van der Waals surface area contributed by atoms with E-state index in [1.54, 1.807) is 7.05 Å². The fourth-order valence-corrected chi connectivity index (χ4v) is 3.37. The number of hydrogen-bond donors (Lipinski definition) is 1. The average molecular weight is 269 g/mol. The molecular formula is C10H21ClN2O2S. The lowest BCUT2D eigenvalue weighted by molar-refractivity contribution is 0.372. The van der Waals surface area contributed by atoms with E-state index in [1.807, 2.05) is 13.8 Å². The predicted molar refractivity (Wildman–Crippen MR) is 66.9 cm³/mol. The van der Waals surface area contributed by atoms with Crippen LogP contribution in [0.3, 0.4) is 0 Å². The zero-order valence-electron chi connectivity index (χ0n) is 10.1. The van der Waals surface area contributed by atoms with E-state index in [0.717, 1.165) is 25.7 Å². The Morgan fingerprint density at radius 2 is 1.75 bits per heavy atom. The quantitative estimate of drug-likeness (QED) is 0.789. The monoisotopic (exact) mass is 268 g/mol. The van der Waals surface area contributed by atoms with Crippen LogP contribution < -0.4 is 4.72 Å². The Kier molecular flexibility index (Phi) is 5.04. The minimum Gasteiger partial charge on any atom is -0.199 e. The van der Waals surface area contributed by atoms with Crippen molar-refractivity contribution in [2.45, 2.75) is 57.0 Å². The Labute approximate surface area is 104 Å². The summed E-state index contributed by atoms with van der Waals surface area (Å²) in [5, 5.41) is 0.212. The van der Waals surface area contributed by atoms with E-state index < -0.39 is 10.2 Å². The Morgan fingerprint density at radius 1 is 1.25 bits per heavy atom. The van der Waals surface area contributed by atoms with Gasteiger partial charge < -0.3 is 0 Å². The van der Waals surface area contributed by atoms with Gasteiger partial charge in [0, 0.05) is 24.5 Å². The first-order valence-electron chi connectivity index (χ1n) is 5.72. The molecule has 0 amide bonds. The Bertz CT molecular complexity index is 311. The molecule has 1 rings (SSSR count). The normalized spacial score (nSPS) is 27.6. The second-order valence-corrected chi connectivity index (χ2v) is 7.06. The topological polar surface area (TPSA) is 49.4 Å². The number of nitrogens with one attached hydrogen (secondary N) is 1. The molecule has 0 aliphatic heterocycles. The van der Waals surface area contributed by atoms with Crippen LogP contribution in [0.4, 0.5) is 0 Å². The predicted octanol–water partition coefficient (Wildman–Crippen LogP) is 1.71. The van der Waals surface area contributed by atoms with Crippen molar-refractivity contribution < 1.29 is 8.42 Å². The lowest BCUT2D eigenvalue weighted by atomic mass is 9.96. The van der Waals surface area contributed by atoms with Gasteiger partial charge in [-0.1, -0.05) is 0 Å². The molecule has 16 heavy (non-hydrogen) atoms. The van der Waals surface area contributed by atoms with E-state index in [4.69, 9.17) is 11.6 Å². The Hall–Kier alpha value is 0.160. The van der Waals surface area contributed by atoms with Gasteiger partial charge in [0.15, 0.2) is 0 Å². The summed E-state index contributed by atoms with van der Waals surface area (Å²) in [5.74, 6) is 0. The molecule has 1 aliphatic carbocycles. The first kappa shape index (κ1) is 14.2. The van der Waals surface area contributed by atoms with Crippen LogP contribution in [0.2, 0.25) is 0 Å². The first-order chi connectivity index (χ1) is 7.33. The molecule has 1 saturated carbocycles. The maximum Gasteiger partial charge on any atom is 0.279 e. The number of hydrogen-bond acceptors (Lipinski definition) is 2. The zero-order valence-corrected chi connectivity index (χ0v) is 11.7. The Balaban J connectivity index is 2.53. The molecule has 0 spiro atoms.